The molecule has 9 heteroatoms. The number of hydrogen-bond donors (Lipinski definition) is 1. The first-order valence-electron chi connectivity index (χ1n) is 11.2. The highest BCUT2D eigenvalue weighted by Crippen LogP contribution is 2.34. The van der Waals surface area contributed by atoms with Crippen LogP contribution in [0.3, 0.4) is 0 Å². The van der Waals surface area contributed by atoms with E-state index in [9.17, 15) is 14.0 Å². The van der Waals surface area contributed by atoms with Crippen LogP contribution in [-0.4, -0.2) is 37.1 Å². The number of carbonyl (C=O) groups is 2. The van der Waals surface area contributed by atoms with E-state index in [-0.39, 0.29) is 23.5 Å². The quantitative estimate of drug-likeness (QED) is 0.336. The van der Waals surface area contributed by atoms with Crippen LogP contribution < -0.4 is 19.7 Å². The van der Waals surface area contributed by atoms with E-state index in [4.69, 9.17) is 9.47 Å². The maximum absolute atomic E-state index is 14.6. The van der Waals surface area contributed by atoms with E-state index >= 15 is 0 Å². The van der Waals surface area contributed by atoms with Crippen molar-refractivity contribution in [2.24, 2.45) is 0 Å². The summed E-state index contributed by atoms with van der Waals surface area (Å²) in [5, 5.41) is 3.10. The van der Waals surface area contributed by atoms with E-state index in [0.717, 1.165) is 29.6 Å². The average molecular weight is 484 g/mol. The number of hydrogen-bond acceptors (Lipinski definition) is 7. The number of nitrogens with one attached hydrogen (secondary N) is 1. The highest BCUT2D eigenvalue weighted by molar-refractivity contribution is 7.19. The van der Waals surface area contributed by atoms with Gasteiger partial charge in [0.25, 0.3) is 5.91 Å². The summed E-state index contributed by atoms with van der Waals surface area (Å²) in [7, 11) is 1.32. The number of esters is 1. The van der Waals surface area contributed by atoms with Gasteiger partial charge in [0.1, 0.15) is 0 Å². The summed E-state index contributed by atoms with van der Waals surface area (Å²) >= 11 is 1.34. The lowest BCUT2D eigenvalue weighted by Gasteiger charge is -2.18. The van der Waals surface area contributed by atoms with Crippen molar-refractivity contribution < 1.29 is 23.5 Å². The molecule has 0 saturated carbocycles. The van der Waals surface area contributed by atoms with Crippen LogP contribution in [0.5, 0.6) is 11.5 Å². The lowest BCUT2D eigenvalue weighted by atomic mass is 10.1. The number of aromatic nitrogens is 1. The van der Waals surface area contributed by atoms with Crippen LogP contribution in [0.1, 0.15) is 43.0 Å². The van der Waals surface area contributed by atoms with Gasteiger partial charge < -0.3 is 14.4 Å². The van der Waals surface area contributed by atoms with E-state index in [2.05, 4.69) is 27.3 Å². The van der Waals surface area contributed by atoms with Crippen molar-refractivity contribution in [3.8, 4) is 21.9 Å². The lowest BCUT2D eigenvalue weighted by Crippen LogP contribution is -2.17. The monoisotopic (exact) mass is 483 g/mol. The minimum absolute atomic E-state index is 0.0254. The molecular weight excluding hydrogens is 457 g/mol. The van der Waals surface area contributed by atoms with Gasteiger partial charge in [0.05, 0.1) is 12.0 Å². The molecule has 2 heterocycles. The summed E-state index contributed by atoms with van der Waals surface area (Å²) in [4.78, 5) is 32.1. The molecule has 1 aromatic heterocycles. The lowest BCUT2D eigenvalue weighted by molar-refractivity contribution is -0.134. The smallest absolute Gasteiger partial charge is 0.311 e. The first-order valence-corrected chi connectivity index (χ1v) is 12.0. The molecule has 2 aromatic carbocycles. The van der Waals surface area contributed by atoms with E-state index < -0.39 is 17.7 Å². The van der Waals surface area contributed by atoms with Crippen molar-refractivity contribution in [3.63, 3.8) is 0 Å². The summed E-state index contributed by atoms with van der Waals surface area (Å²) in [5.74, 6) is -2.33. The molecule has 4 rings (SSSR count). The third-order valence-electron chi connectivity index (χ3n) is 5.49. The van der Waals surface area contributed by atoms with Crippen molar-refractivity contribution >= 4 is 34.0 Å². The van der Waals surface area contributed by atoms with Crippen LogP contribution in [-0.2, 0) is 4.79 Å². The van der Waals surface area contributed by atoms with Crippen LogP contribution in [0.15, 0.2) is 42.6 Å². The zero-order valence-corrected chi connectivity index (χ0v) is 19.9. The topological polar surface area (TPSA) is 80.8 Å². The molecule has 1 saturated heterocycles. The van der Waals surface area contributed by atoms with Crippen LogP contribution in [0.4, 0.5) is 15.2 Å². The summed E-state index contributed by atoms with van der Waals surface area (Å²) in [5.41, 5.74) is 2.22. The fraction of sp³-hybridized carbons (Fsp3) is 0.320. The van der Waals surface area contributed by atoms with Crippen molar-refractivity contribution in [1.29, 1.82) is 0 Å². The maximum Gasteiger partial charge on any atom is 0.311 e. The number of ether oxygens (including phenoxy) is 2. The molecule has 0 radical (unpaired) electrons. The van der Waals surface area contributed by atoms with E-state index in [1.54, 1.807) is 6.20 Å². The van der Waals surface area contributed by atoms with Gasteiger partial charge in [-0.05, 0) is 49.1 Å². The highest BCUT2D eigenvalue weighted by atomic mass is 32.1. The number of carbonyl (C=O) groups excluding carboxylic acids is 2. The van der Waals surface area contributed by atoms with Gasteiger partial charge in [-0.2, -0.15) is 0 Å². The fourth-order valence-corrected chi connectivity index (χ4v) is 4.59. The molecule has 0 bridgehead atoms. The van der Waals surface area contributed by atoms with Crippen molar-refractivity contribution in [3.05, 3.63) is 54.0 Å². The normalized spacial score (nSPS) is 13.1. The Bertz CT molecular complexity index is 1190. The number of methoxy groups -OCH3 is 1. The Labute approximate surface area is 201 Å². The van der Waals surface area contributed by atoms with E-state index in [0.29, 0.717) is 11.6 Å². The van der Waals surface area contributed by atoms with Gasteiger partial charge in [0, 0.05) is 37.0 Å². The van der Waals surface area contributed by atoms with Gasteiger partial charge in [-0.25, -0.2) is 9.37 Å². The third-order valence-corrected chi connectivity index (χ3v) is 6.45. The Hall–Kier alpha value is -3.46. The number of amides is 1. The number of nitrogens with zero attached hydrogens (tertiary/aromatic N) is 2. The Kier molecular flexibility index (Phi) is 7.42. The van der Waals surface area contributed by atoms with Gasteiger partial charge in [-0.3, -0.25) is 14.9 Å². The molecule has 1 N–H and O–H groups in total. The molecule has 1 fully saturated rings. The molecule has 0 unspecified atom stereocenters. The Balaban J connectivity index is 1.49. The van der Waals surface area contributed by atoms with Gasteiger partial charge in [-0.15, -0.1) is 0 Å². The Morgan fingerprint density at radius 1 is 1.21 bits per heavy atom. The maximum atomic E-state index is 14.6. The standard InChI is InChI=1S/C25H26FN3O4S/c1-3-7-22(30)33-23-19(26)13-17(14-20(23)32-2)24(31)28-25-27-15-21(34-25)16-8-6-9-18(12-16)29-10-4-5-11-29/h6,8-9,12-15H,3-5,7,10-11H2,1-2H3,(H,27,28,31). The molecule has 178 valence electrons. The minimum atomic E-state index is -0.854. The summed E-state index contributed by atoms with van der Waals surface area (Å²) in [6.07, 6.45) is 4.84. The predicted octanol–water partition coefficient (Wildman–Crippen LogP) is 5.52. The van der Waals surface area contributed by atoms with Crippen molar-refractivity contribution in [2.45, 2.75) is 32.6 Å². The van der Waals surface area contributed by atoms with Crippen LogP contribution in [0.25, 0.3) is 10.4 Å². The van der Waals surface area contributed by atoms with Crippen LogP contribution in [0.2, 0.25) is 0 Å². The van der Waals surface area contributed by atoms with E-state index in [1.165, 1.54) is 43.0 Å². The van der Waals surface area contributed by atoms with Crippen molar-refractivity contribution in [2.75, 3.05) is 30.4 Å². The first-order chi connectivity index (χ1) is 16.5. The minimum Gasteiger partial charge on any atom is -0.493 e. The SMILES string of the molecule is CCCC(=O)Oc1c(F)cc(C(=O)Nc2ncc(-c3cccc(N4CCCC4)c3)s2)cc1OC. The second-order valence-electron chi connectivity index (χ2n) is 7.94. The highest BCUT2D eigenvalue weighted by Gasteiger charge is 2.20. The molecule has 1 amide bonds. The molecule has 1 aliphatic heterocycles. The molecule has 0 atom stereocenters. The first kappa shape index (κ1) is 23.7. The van der Waals surface area contributed by atoms with E-state index in [1.807, 2.05) is 19.1 Å². The fourth-order valence-electron chi connectivity index (χ4n) is 3.78. The molecule has 0 aliphatic carbocycles. The Morgan fingerprint density at radius 3 is 2.74 bits per heavy atom. The molecule has 3 aromatic rings. The van der Waals surface area contributed by atoms with Gasteiger partial charge in [-0.1, -0.05) is 30.4 Å². The zero-order chi connectivity index (χ0) is 24.1. The number of benzene rings is 2. The largest absolute Gasteiger partial charge is 0.493 e. The van der Waals surface area contributed by atoms with Gasteiger partial charge in [0.15, 0.2) is 16.7 Å². The van der Waals surface area contributed by atoms with Crippen LogP contribution in [0, 0.1) is 5.82 Å². The van der Waals surface area contributed by atoms with Crippen molar-refractivity contribution in [1.82, 2.24) is 4.98 Å². The molecule has 1 aliphatic rings. The average Bonchev–Trinajstić information content (AvgIpc) is 3.53. The predicted molar refractivity (Wildman–Crippen MR) is 130 cm³/mol. The Morgan fingerprint density at radius 2 is 2.00 bits per heavy atom. The summed E-state index contributed by atoms with van der Waals surface area (Å²) in [6.45, 7) is 3.94. The second kappa shape index (κ2) is 10.6. The molecule has 0 spiro atoms. The molecular formula is C25H26FN3O4S. The summed E-state index contributed by atoms with van der Waals surface area (Å²) < 4.78 is 24.9. The number of halogens is 1. The zero-order valence-electron chi connectivity index (χ0n) is 19.1. The number of anilines is 2. The number of rotatable bonds is 8. The molecule has 7 nitrogen and oxygen atoms in total. The van der Waals surface area contributed by atoms with Gasteiger partial charge >= 0.3 is 5.97 Å². The van der Waals surface area contributed by atoms with Gasteiger partial charge in [0.2, 0.25) is 5.75 Å². The second-order valence-corrected chi connectivity index (χ2v) is 8.97. The number of thiazole rings is 1. The van der Waals surface area contributed by atoms with Crippen LogP contribution >= 0.6 is 11.3 Å². The molecule has 34 heavy (non-hydrogen) atoms. The summed E-state index contributed by atoms with van der Waals surface area (Å²) in [6, 6.07) is 10.6. The third kappa shape index (κ3) is 5.36.